The van der Waals surface area contributed by atoms with E-state index in [0.717, 1.165) is 5.69 Å². The SMILES string of the molecule is N#Cc1ccc(-n2ccc(=O)c(C(CC=N)=Nc3ccccc3)n2)cc1. The van der Waals surface area contributed by atoms with Gasteiger partial charge in [0.05, 0.1) is 28.7 Å². The molecule has 0 unspecified atom stereocenters. The fourth-order valence-corrected chi connectivity index (χ4v) is 2.39. The van der Waals surface area contributed by atoms with Crippen molar-refractivity contribution in [2.45, 2.75) is 6.42 Å². The molecule has 0 fully saturated rings. The molecule has 0 radical (unpaired) electrons. The third kappa shape index (κ3) is 3.79. The number of nitrogens with one attached hydrogen (secondary N) is 1. The van der Waals surface area contributed by atoms with E-state index >= 15 is 0 Å². The van der Waals surface area contributed by atoms with Crippen LogP contribution in [0.3, 0.4) is 0 Å². The van der Waals surface area contributed by atoms with Gasteiger partial charge < -0.3 is 5.41 Å². The minimum Gasteiger partial charge on any atom is -0.313 e. The quantitative estimate of drug-likeness (QED) is 0.722. The second kappa shape index (κ2) is 7.81. The standard InChI is InChI=1S/C20H15N5O/c21-12-10-18(23-16-4-2-1-3-5-16)20-19(26)11-13-25(24-20)17-8-6-15(14-22)7-9-17/h1-9,11-13,21H,10H2. The molecule has 3 rings (SSSR count). The van der Waals surface area contributed by atoms with E-state index < -0.39 is 0 Å². The first-order valence-electron chi connectivity index (χ1n) is 7.93. The van der Waals surface area contributed by atoms with E-state index in [0.29, 0.717) is 17.0 Å². The molecule has 1 aromatic heterocycles. The molecular weight excluding hydrogens is 326 g/mol. The number of rotatable bonds is 5. The summed E-state index contributed by atoms with van der Waals surface area (Å²) < 4.78 is 1.56. The molecule has 126 valence electrons. The van der Waals surface area contributed by atoms with Gasteiger partial charge in [0.2, 0.25) is 5.43 Å². The first kappa shape index (κ1) is 17.0. The zero-order valence-electron chi connectivity index (χ0n) is 13.8. The van der Waals surface area contributed by atoms with Crippen LogP contribution in [0.25, 0.3) is 5.69 Å². The number of nitrogens with zero attached hydrogens (tertiary/aromatic N) is 4. The molecule has 0 aliphatic heterocycles. The van der Waals surface area contributed by atoms with Gasteiger partial charge in [0, 0.05) is 24.9 Å². The largest absolute Gasteiger partial charge is 0.313 e. The molecule has 1 heterocycles. The summed E-state index contributed by atoms with van der Waals surface area (Å²) in [7, 11) is 0. The molecule has 0 amide bonds. The van der Waals surface area contributed by atoms with Gasteiger partial charge in [-0.1, -0.05) is 18.2 Å². The van der Waals surface area contributed by atoms with Crippen molar-refractivity contribution in [3.63, 3.8) is 0 Å². The highest BCUT2D eigenvalue weighted by Gasteiger charge is 2.11. The number of aliphatic imine (C=N–C) groups is 1. The summed E-state index contributed by atoms with van der Waals surface area (Å²) >= 11 is 0. The highest BCUT2D eigenvalue weighted by molar-refractivity contribution is 6.06. The number of hydrogen-bond acceptors (Lipinski definition) is 5. The highest BCUT2D eigenvalue weighted by atomic mass is 16.1. The summed E-state index contributed by atoms with van der Waals surface area (Å²) in [5.41, 5.74) is 2.33. The highest BCUT2D eigenvalue weighted by Crippen LogP contribution is 2.13. The first-order chi connectivity index (χ1) is 12.7. The van der Waals surface area contributed by atoms with Crippen molar-refractivity contribution in [2.24, 2.45) is 4.99 Å². The van der Waals surface area contributed by atoms with E-state index in [1.807, 2.05) is 30.3 Å². The molecule has 0 spiro atoms. The summed E-state index contributed by atoms with van der Waals surface area (Å²) in [6, 6.07) is 19.6. The van der Waals surface area contributed by atoms with Crippen LogP contribution >= 0.6 is 0 Å². The lowest BCUT2D eigenvalue weighted by atomic mass is 10.2. The van der Waals surface area contributed by atoms with Gasteiger partial charge in [-0.25, -0.2) is 4.68 Å². The Balaban J connectivity index is 2.07. The number of nitriles is 1. The summed E-state index contributed by atoms with van der Waals surface area (Å²) in [6.07, 6.45) is 2.97. The second-order valence-electron chi connectivity index (χ2n) is 5.43. The number of benzene rings is 2. The summed E-state index contributed by atoms with van der Waals surface area (Å²) in [6.45, 7) is 0. The van der Waals surface area contributed by atoms with Gasteiger partial charge in [-0.2, -0.15) is 10.4 Å². The minimum atomic E-state index is -0.258. The van der Waals surface area contributed by atoms with E-state index in [1.165, 1.54) is 12.3 Å². The van der Waals surface area contributed by atoms with Crippen LogP contribution in [0.15, 0.2) is 76.6 Å². The molecule has 0 atom stereocenters. The summed E-state index contributed by atoms with van der Waals surface area (Å²) in [5.74, 6) is 0. The predicted molar refractivity (Wildman–Crippen MR) is 101 cm³/mol. The average molecular weight is 341 g/mol. The molecule has 0 aliphatic rings. The monoisotopic (exact) mass is 341 g/mol. The average Bonchev–Trinajstić information content (AvgIpc) is 2.69. The second-order valence-corrected chi connectivity index (χ2v) is 5.43. The maximum absolute atomic E-state index is 12.3. The van der Waals surface area contributed by atoms with Gasteiger partial charge >= 0.3 is 0 Å². The van der Waals surface area contributed by atoms with Crippen molar-refractivity contribution in [2.75, 3.05) is 0 Å². The van der Waals surface area contributed by atoms with Crippen LogP contribution in [-0.4, -0.2) is 21.7 Å². The third-order valence-corrected chi connectivity index (χ3v) is 3.66. The Bertz CT molecular complexity index is 1040. The smallest absolute Gasteiger partial charge is 0.209 e. The zero-order chi connectivity index (χ0) is 18.4. The summed E-state index contributed by atoms with van der Waals surface area (Å²) in [5, 5.41) is 20.7. The van der Waals surface area contributed by atoms with Crippen LogP contribution in [0.2, 0.25) is 0 Å². The fraction of sp³-hybridized carbons (Fsp3) is 0.0500. The number of aromatic nitrogens is 2. The van der Waals surface area contributed by atoms with E-state index in [9.17, 15) is 4.79 Å². The van der Waals surface area contributed by atoms with Gasteiger partial charge in [-0.05, 0) is 36.4 Å². The molecule has 6 heteroatoms. The minimum absolute atomic E-state index is 0.198. The van der Waals surface area contributed by atoms with Gasteiger partial charge in [0.1, 0.15) is 0 Å². The van der Waals surface area contributed by atoms with Crippen LogP contribution in [0.5, 0.6) is 0 Å². The Labute approximate surface area is 150 Å². The lowest BCUT2D eigenvalue weighted by molar-refractivity contribution is 0.827. The van der Waals surface area contributed by atoms with Gasteiger partial charge in [0.25, 0.3) is 0 Å². The van der Waals surface area contributed by atoms with Gasteiger partial charge in [-0.15, -0.1) is 0 Å². The van der Waals surface area contributed by atoms with Crippen molar-refractivity contribution < 1.29 is 0 Å². The van der Waals surface area contributed by atoms with E-state index in [-0.39, 0.29) is 17.5 Å². The Hall–Kier alpha value is -3.85. The number of para-hydroxylation sites is 1. The fourth-order valence-electron chi connectivity index (χ4n) is 2.39. The van der Waals surface area contributed by atoms with Crippen LogP contribution in [0.4, 0.5) is 5.69 Å². The summed E-state index contributed by atoms with van der Waals surface area (Å²) in [4.78, 5) is 16.8. The van der Waals surface area contributed by atoms with E-state index in [1.54, 1.807) is 35.1 Å². The van der Waals surface area contributed by atoms with Crippen molar-refractivity contribution in [1.82, 2.24) is 9.78 Å². The third-order valence-electron chi connectivity index (χ3n) is 3.66. The normalized spacial score (nSPS) is 11.0. The van der Waals surface area contributed by atoms with Crippen LogP contribution in [-0.2, 0) is 0 Å². The Morgan fingerprint density at radius 3 is 2.54 bits per heavy atom. The van der Waals surface area contributed by atoms with Crippen LogP contribution < -0.4 is 5.43 Å². The van der Waals surface area contributed by atoms with Crippen molar-refractivity contribution in [3.05, 3.63) is 88.3 Å². The maximum Gasteiger partial charge on any atom is 0.209 e. The maximum atomic E-state index is 12.3. The first-order valence-corrected chi connectivity index (χ1v) is 7.93. The van der Waals surface area contributed by atoms with Crippen LogP contribution in [0.1, 0.15) is 17.7 Å². The van der Waals surface area contributed by atoms with Crippen molar-refractivity contribution in [3.8, 4) is 11.8 Å². The lowest BCUT2D eigenvalue weighted by Crippen LogP contribution is -2.21. The lowest BCUT2D eigenvalue weighted by Gasteiger charge is -2.08. The van der Waals surface area contributed by atoms with Gasteiger partial charge in [-0.3, -0.25) is 9.79 Å². The molecule has 1 N–H and O–H groups in total. The van der Waals surface area contributed by atoms with Gasteiger partial charge in [0.15, 0.2) is 5.69 Å². The Morgan fingerprint density at radius 2 is 1.88 bits per heavy atom. The molecular formula is C20H15N5O. The Morgan fingerprint density at radius 1 is 1.15 bits per heavy atom. The predicted octanol–water partition coefficient (Wildman–Crippen LogP) is 3.26. The molecule has 6 nitrogen and oxygen atoms in total. The molecule has 3 aromatic rings. The molecule has 0 saturated carbocycles. The molecule has 26 heavy (non-hydrogen) atoms. The zero-order valence-corrected chi connectivity index (χ0v) is 13.8. The molecule has 0 bridgehead atoms. The Kier molecular flexibility index (Phi) is 5.11. The van der Waals surface area contributed by atoms with Crippen molar-refractivity contribution in [1.29, 1.82) is 10.7 Å². The molecule has 2 aromatic carbocycles. The van der Waals surface area contributed by atoms with E-state index in [4.69, 9.17) is 10.7 Å². The van der Waals surface area contributed by atoms with E-state index in [2.05, 4.69) is 16.2 Å². The molecule has 0 aliphatic carbocycles. The molecule has 0 saturated heterocycles. The number of hydrogen-bond donors (Lipinski definition) is 1. The topological polar surface area (TPSA) is 94.9 Å². The van der Waals surface area contributed by atoms with Crippen LogP contribution in [0, 0.1) is 16.7 Å². The van der Waals surface area contributed by atoms with Crippen molar-refractivity contribution >= 4 is 17.6 Å².